The van der Waals surface area contributed by atoms with Gasteiger partial charge >= 0.3 is 0 Å². The van der Waals surface area contributed by atoms with E-state index in [1.165, 1.54) is 23.9 Å². The molecule has 0 unspecified atom stereocenters. The van der Waals surface area contributed by atoms with Gasteiger partial charge in [0.15, 0.2) is 0 Å². The molecule has 1 rings (SSSR count). The second-order valence-corrected chi connectivity index (χ2v) is 5.83. The smallest absolute Gasteiger partial charge is 0.265 e. The molecule has 108 valence electrons. The molecule has 0 aliphatic carbocycles. The summed E-state index contributed by atoms with van der Waals surface area (Å²) in [5, 5.41) is 17.7. The largest absolute Gasteiger partial charge is 0.395 e. The number of aliphatic hydroxyl groups is 2. The standard InChI is InChI=1S/C10H17N3O5S/c1-12-7-8(6-9(12)10(11)16)19(17,18)13(2-4-14)3-5-15/h6-7,14-15H,2-5H2,1H3,(H2,11,16). The molecule has 0 radical (unpaired) electrons. The lowest BCUT2D eigenvalue weighted by Gasteiger charge is -2.19. The number of carbonyl (C=O) groups excluding carboxylic acids is 1. The Morgan fingerprint density at radius 2 is 1.89 bits per heavy atom. The maximum absolute atomic E-state index is 12.2. The summed E-state index contributed by atoms with van der Waals surface area (Å²) in [6, 6.07) is 1.17. The Morgan fingerprint density at radius 1 is 1.37 bits per heavy atom. The lowest BCUT2D eigenvalue weighted by molar-refractivity contribution is 0.0992. The number of hydrogen-bond acceptors (Lipinski definition) is 5. The Labute approximate surface area is 111 Å². The van der Waals surface area contributed by atoms with Crippen molar-refractivity contribution >= 4 is 15.9 Å². The lowest BCUT2D eigenvalue weighted by atomic mass is 10.4. The zero-order valence-corrected chi connectivity index (χ0v) is 11.3. The topological polar surface area (TPSA) is 126 Å². The zero-order valence-electron chi connectivity index (χ0n) is 10.5. The van der Waals surface area contributed by atoms with Gasteiger partial charge in [-0.1, -0.05) is 0 Å². The first-order valence-corrected chi connectivity index (χ1v) is 6.96. The summed E-state index contributed by atoms with van der Waals surface area (Å²) < 4.78 is 26.7. The van der Waals surface area contributed by atoms with Gasteiger partial charge in [-0.25, -0.2) is 8.42 Å². The molecule has 19 heavy (non-hydrogen) atoms. The van der Waals surface area contributed by atoms with E-state index in [4.69, 9.17) is 15.9 Å². The molecule has 0 atom stereocenters. The van der Waals surface area contributed by atoms with Gasteiger partial charge < -0.3 is 20.5 Å². The molecule has 8 nitrogen and oxygen atoms in total. The Kier molecular flexibility index (Phi) is 5.06. The molecule has 0 bridgehead atoms. The summed E-state index contributed by atoms with van der Waals surface area (Å²) in [4.78, 5) is 11.0. The highest BCUT2D eigenvalue weighted by Crippen LogP contribution is 2.18. The molecule has 0 spiro atoms. The summed E-state index contributed by atoms with van der Waals surface area (Å²) in [6.07, 6.45) is 1.26. The molecule has 0 aliphatic rings. The molecule has 0 saturated heterocycles. The molecule has 9 heteroatoms. The van der Waals surface area contributed by atoms with Crippen molar-refractivity contribution in [3.05, 3.63) is 18.0 Å². The normalized spacial score (nSPS) is 12.0. The van der Waals surface area contributed by atoms with E-state index in [9.17, 15) is 13.2 Å². The minimum atomic E-state index is -3.88. The van der Waals surface area contributed by atoms with Crippen LogP contribution < -0.4 is 5.73 Å². The first kappa shape index (κ1) is 15.6. The Morgan fingerprint density at radius 3 is 2.26 bits per heavy atom. The predicted molar refractivity (Wildman–Crippen MR) is 66.9 cm³/mol. The maximum Gasteiger partial charge on any atom is 0.265 e. The van der Waals surface area contributed by atoms with E-state index in [0.29, 0.717) is 0 Å². The van der Waals surface area contributed by atoms with Crippen molar-refractivity contribution < 1.29 is 23.4 Å². The van der Waals surface area contributed by atoms with Crippen LogP contribution in [0.4, 0.5) is 0 Å². The number of amides is 1. The van der Waals surface area contributed by atoms with Gasteiger partial charge in [0.1, 0.15) is 10.6 Å². The number of aryl methyl sites for hydroxylation is 1. The fourth-order valence-electron chi connectivity index (χ4n) is 1.64. The van der Waals surface area contributed by atoms with Crippen LogP contribution in [0.25, 0.3) is 0 Å². The van der Waals surface area contributed by atoms with Gasteiger partial charge in [-0.2, -0.15) is 4.31 Å². The second kappa shape index (κ2) is 6.15. The van der Waals surface area contributed by atoms with Crippen LogP contribution in [0.1, 0.15) is 10.5 Å². The number of aromatic nitrogens is 1. The first-order valence-electron chi connectivity index (χ1n) is 5.52. The van der Waals surface area contributed by atoms with Gasteiger partial charge in [0.05, 0.1) is 13.2 Å². The van der Waals surface area contributed by atoms with Crippen molar-refractivity contribution in [3.8, 4) is 0 Å². The number of primary amides is 1. The molecule has 0 fully saturated rings. The van der Waals surface area contributed by atoms with E-state index in [2.05, 4.69) is 0 Å². The number of nitrogens with zero attached hydrogens (tertiary/aromatic N) is 2. The van der Waals surface area contributed by atoms with Crippen LogP contribution in [0, 0.1) is 0 Å². The third-order valence-corrected chi connectivity index (χ3v) is 4.43. The molecule has 1 aromatic rings. The fourth-order valence-corrected chi connectivity index (χ4v) is 3.14. The van der Waals surface area contributed by atoms with Crippen LogP contribution in [-0.2, 0) is 17.1 Å². The Hall–Kier alpha value is -1.42. The van der Waals surface area contributed by atoms with Gasteiger partial charge in [-0.15, -0.1) is 0 Å². The molecule has 4 N–H and O–H groups in total. The summed E-state index contributed by atoms with van der Waals surface area (Å²) >= 11 is 0. The summed E-state index contributed by atoms with van der Waals surface area (Å²) in [5.41, 5.74) is 5.18. The molecule has 1 heterocycles. The quantitative estimate of drug-likeness (QED) is 0.541. The minimum absolute atomic E-state index is 0.0616. The molecular formula is C10H17N3O5S. The number of carbonyl (C=O) groups is 1. The van der Waals surface area contributed by atoms with Crippen molar-refractivity contribution in [2.24, 2.45) is 12.8 Å². The van der Waals surface area contributed by atoms with Crippen LogP contribution in [0.5, 0.6) is 0 Å². The van der Waals surface area contributed by atoms with Crippen LogP contribution in [0.15, 0.2) is 17.2 Å². The predicted octanol–water partition coefficient (Wildman–Crippen LogP) is -1.90. The average Bonchev–Trinajstić information content (AvgIpc) is 2.72. The van der Waals surface area contributed by atoms with Crippen LogP contribution in [0.2, 0.25) is 0 Å². The minimum Gasteiger partial charge on any atom is -0.395 e. The highest BCUT2D eigenvalue weighted by molar-refractivity contribution is 7.89. The Bertz CT molecular complexity index is 546. The van der Waals surface area contributed by atoms with Crippen molar-refractivity contribution in [3.63, 3.8) is 0 Å². The molecule has 0 aromatic carbocycles. The zero-order chi connectivity index (χ0) is 14.6. The highest BCUT2D eigenvalue weighted by Gasteiger charge is 2.26. The van der Waals surface area contributed by atoms with E-state index >= 15 is 0 Å². The van der Waals surface area contributed by atoms with Crippen molar-refractivity contribution in [1.82, 2.24) is 8.87 Å². The van der Waals surface area contributed by atoms with E-state index in [1.807, 2.05) is 0 Å². The van der Waals surface area contributed by atoms with Crippen LogP contribution in [-0.4, -0.2) is 59.7 Å². The van der Waals surface area contributed by atoms with Gasteiger partial charge in [0, 0.05) is 26.3 Å². The summed E-state index contributed by atoms with van der Waals surface area (Å²) in [7, 11) is -2.37. The van der Waals surface area contributed by atoms with E-state index in [1.54, 1.807) is 0 Å². The van der Waals surface area contributed by atoms with E-state index in [-0.39, 0.29) is 36.9 Å². The highest BCUT2D eigenvalue weighted by atomic mass is 32.2. The van der Waals surface area contributed by atoms with Gasteiger partial charge in [-0.3, -0.25) is 4.79 Å². The summed E-state index contributed by atoms with van der Waals surface area (Å²) in [6.45, 7) is -1.00. The monoisotopic (exact) mass is 291 g/mol. The van der Waals surface area contributed by atoms with Crippen molar-refractivity contribution in [1.29, 1.82) is 0 Å². The molecule has 1 amide bonds. The number of rotatable bonds is 7. The number of hydrogen-bond donors (Lipinski definition) is 3. The molecule has 0 saturated carbocycles. The number of nitrogens with two attached hydrogens (primary N) is 1. The molecular weight excluding hydrogens is 274 g/mol. The van der Waals surface area contributed by atoms with Gasteiger partial charge in [-0.05, 0) is 6.07 Å². The van der Waals surface area contributed by atoms with E-state index < -0.39 is 15.9 Å². The Balaban J connectivity index is 3.17. The molecule has 1 aromatic heterocycles. The average molecular weight is 291 g/mol. The number of sulfonamides is 1. The van der Waals surface area contributed by atoms with Gasteiger partial charge in [0.25, 0.3) is 5.91 Å². The summed E-state index contributed by atoms with van der Waals surface area (Å²) in [5.74, 6) is -0.736. The third kappa shape index (κ3) is 3.32. The van der Waals surface area contributed by atoms with Crippen LogP contribution in [0.3, 0.4) is 0 Å². The third-order valence-electron chi connectivity index (χ3n) is 2.57. The van der Waals surface area contributed by atoms with Crippen molar-refractivity contribution in [2.45, 2.75) is 4.90 Å². The van der Waals surface area contributed by atoms with Crippen molar-refractivity contribution in [2.75, 3.05) is 26.3 Å². The first-order chi connectivity index (χ1) is 8.84. The maximum atomic E-state index is 12.2. The SMILES string of the molecule is Cn1cc(S(=O)(=O)N(CCO)CCO)cc1C(N)=O. The molecule has 0 aliphatic heterocycles. The number of aliphatic hydroxyl groups excluding tert-OH is 2. The van der Waals surface area contributed by atoms with E-state index in [0.717, 1.165) is 4.31 Å². The van der Waals surface area contributed by atoms with Gasteiger partial charge in [0.2, 0.25) is 10.0 Å². The second-order valence-electron chi connectivity index (χ2n) is 3.89. The fraction of sp³-hybridized carbons (Fsp3) is 0.500. The van der Waals surface area contributed by atoms with Crippen LogP contribution >= 0.6 is 0 Å². The lowest BCUT2D eigenvalue weighted by Crippen LogP contribution is -2.35.